The molecule has 0 spiro atoms. The number of nitrogens with zero attached hydrogens (tertiary/aromatic N) is 3. The van der Waals surface area contributed by atoms with Gasteiger partial charge in [0, 0.05) is 12.0 Å². The molecule has 0 aromatic carbocycles. The molecule has 2 fully saturated rings. The molecule has 4 rings (SSSR count). The predicted octanol–water partition coefficient (Wildman–Crippen LogP) is 2.35. The van der Waals surface area contributed by atoms with E-state index < -0.39 is 23.2 Å². The van der Waals surface area contributed by atoms with Crippen molar-refractivity contribution in [3.63, 3.8) is 0 Å². The highest BCUT2D eigenvalue weighted by Crippen LogP contribution is 2.41. The third kappa shape index (κ3) is 2.94. The molecule has 0 amide bonds. The summed E-state index contributed by atoms with van der Waals surface area (Å²) >= 11 is 0.466. The monoisotopic (exact) mass is 358 g/mol. The molecule has 10 heteroatoms. The van der Waals surface area contributed by atoms with Crippen LogP contribution >= 0.6 is 11.8 Å². The van der Waals surface area contributed by atoms with Gasteiger partial charge in [0.05, 0.1) is 5.75 Å². The zero-order valence-electron chi connectivity index (χ0n) is 12.4. The number of nitrogens with one attached hydrogen (secondary N) is 1. The minimum atomic E-state index is -4.38. The second kappa shape index (κ2) is 5.33. The van der Waals surface area contributed by atoms with Gasteiger partial charge in [0.25, 0.3) is 5.56 Å². The van der Waals surface area contributed by atoms with Crippen LogP contribution in [0.25, 0.3) is 11.0 Å². The molecule has 24 heavy (non-hydrogen) atoms. The third-order valence-corrected chi connectivity index (χ3v) is 5.04. The van der Waals surface area contributed by atoms with Crippen molar-refractivity contribution < 1.29 is 13.2 Å². The number of alkyl halides is 3. The van der Waals surface area contributed by atoms with E-state index in [4.69, 9.17) is 0 Å². The van der Waals surface area contributed by atoms with Gasteiger partial charge in [-0.25, -0.2) is 14.8 Å². The van der Waals surface area contributed by atoms with Gasteiger partial charge in [0.15, 0.2) is 5.65 Å². The number of rotatable bonds is 4. The van der Waals surface area contributed by atoms with Crippen molar-refractivity contribution in [2.24, 2.45) is 0 Å². The van der Waals surface area contributed by atoms with Gasteiger partial charge in [-0.15, -0.1) is 0 Å². The molecular formula is C14H13F3N4O2S. The van der Waals surface area contributed by atoms with Gasteiger partial charge in [-0.05, 0) is 25.7 Å². The zero-order chi connectivity index (χ0) is 17.1. The Labute approximate surface area is 137 Å². The van der Waals surface area contributed by atoms with Crippen molar-refractivity contribution >= 4 is 22.8 Å². The normalized spacial score (nSPS) is 18.3. The topological polar surface area (TPSA) is 80.6 Å². The van der Waals surface area contributed by atoms with Crippen LogP contribution in [0.1, 0.15) is 43.5 Å². The van der Waals surface area contributed by atoms with E-state index in [1.54, 1.807) is 0 Å². The maximum Gasteiger partial charge on any atom is 0.398 e. The summed E-state index contributed by atoms with van der Waals surface area (Å²) in [5, 5.41) is -0.0324. The third-order valence-electron chi connectivity index (χ3n) is 4.00. The lowest BCUT2D eigenvalue weighted by molar-refractivity contribution is -0.105. The Morgan fingerprint density at radius 3 is 2.46 bits per heavy atom. The number of aromatic amines is 1. The summed E-state index contributed by atoms with van der Waals surface area (Å²) in [4.78, 5) is 35.1. The first kappa shape index (κ1) is 15.7. The molecule has 2 aromatic rings. The number of aromatic nitrogens is 4. The summed E-state index contributed by atoms with van der Waals surface area (Å²) in [6.07, 6.45) is -1.07. The van der Waals surface area contributed by atoms with Crippen molar-refractivity contribution in [1.29, 1.82) is 0 Å². The van der Waals surface area contributed by atoms with Crippen LogP contribution in [0, 0.1) is 0 Å². The van der Waals surface area contributed by atoms with Crippen LogP contribution in [0.2, 0.25) is 0 Å². The van der Waals surface area contributed by atoms with E-state index >= 15 is 0 Å². The average Bonchev–Trinajstić information content (AvgIpc) is 3.35. The van der Waals surface area contributed by atoms with Crippen LogP contribution < -0.4 is 11.2 Å². The van der Waals surface area contributed by atoms with Gasteiger partial charge in [0.1, 0.15) is 16.2 Å². The highest BCUT2D eigenvalue weighted by molar-refractivity contribution is 7.99. The van der Waals surface area contributed by atoms with Crippen LogP contribution in [-0.4, -0.2) is 31.4 Å². The summed E-state index contributed by atoms with van der Waals surface area (Å²) in [6.45, 7) is 0. The lowest BCUT2D eigenvalue weighted by Crippen LogP contribution is -2.31. The number of thioether (sulfide) groups is 1. The Hall–Kier alpha value is -1.84. The highest BCUT2D eigenvalue weighted by Gasteiger charge is 2.33. The Kier molecular flexibility index (Phi) is 3.48. The van der Waals surface area contributed by atoms with Crippen LogP contribution in [0.4, 0.5) is 13.2 Å². The summed E-state index contributed by atoms with van der Waals surface area (Å²) in [6, 6.07) is -0.0562. The fraction of sp³-hybridized carbons (Fsp3) is 0.571. The molecule has 2 aliphatic carbocycles. The first-order chi connectivity index (χ1) is 11.3. The van der Waals surface area contributed by atoms with Gasteiger partial charge in [-0.3, -0.25) is 14.3 Å². The van der Waals surface area contributed by atoms with E-state index in [0.717, 1.165) is 25.7 Å². The van der Waals surface area contributed by atoms with Crippen molar-refractivity contribution in [3.8, 4) is 0 Å². The Balaban J connectivity index is 1.94. The molecule has 0 bridgehead atoms. The molecule has 2 aromatic heterocycles. The number of hydrogen-bond acceptors (Lipinski definition) is 5. The second-order valence-corrected chi connectivity index (χ2v) is 7.09. The van der Waals surface area contributed by atoms with Crippen molar-refractivity contribution in [2.75, 3.05) is 5.75 Å². The van der Waals surface area contributed by atoms with E-state index in [0.29, 0.717) is 17.6 Å². The maximum absolute atomic E-state index is 12.6. The number of fused-ring (bicyclic) bond motifs is 1. The molecular weight excluding hydrogens is 345 g/mol. The largest absolute Gasteiger partial charge is 0.398 e. The molecule has 2 saturated carbocycles. The molecule has 0 aliphatic heterocycles. The molecule has 1 N–H and O–H groups in total. The van der Waals surface area contributed by atoms with Crippen molar-refractivity contribution in [1.82, 2.24) is 19.5 Å². The lowest BCUT2D eigenvalue weighted by Gasteiger charge is -2.12. The minimum Gasteiger partial charge on any atom is -0.274 e. The predicted molar refractivity (Wildman–Crippen MR) is 81.4 cm³/mol. The van der Waals surface area contributed by atoms with Gasteiger partial charge in [-0.1, -0.05) is 11.8 Å². The lowest BCUT2D eigenvalue weighted by atomic mass is 10.3. The van der Waals surface area contributed by atoms with Gasteiger partial charge in [-0.2, -0.15) is 13.2 Å². The zero-order valence-corrected chi connectivity index (χ0v) is 13.2. The SMILES string of the molecule is O=c1[nH]c(=O)n(C2CC2)c2nc(C3CC3)nc(SCC(F)(F)F)c12. The molecule has 0 atom stereocenters. The van der Waals surface area contributed by atoms with Crippen LogP contribution in [0.15, 0.2) is 14.6 Å². The van der Waals surface area contributed by atoms with E-state index in [-0.39, 0.29) is 28.0 Å². The van der Waals surface area contributed by atoms with Gasteiger partial charge < -0.3 is 0 Å². The molecule has 2 aliphatic rings. The van der Waals surface area contributed by atoms with E-state index in [9.17, 15) is 22.8 Å². The first-order valence-corrected chi connectivity index (χ1v) is 8.58. The van der Waals surface area contributed by atoms with Gasteiger partial charge in [0.2, 0.25) is 0 Å². The maximum atomic E-state index is 12.6. The average molecular weight is 358 g/mol. The fourth-order valence-corrected chi connectivity index (χ4v) is 3.37. The first-order valence-electron chi connectivity index (χ1n) is 7.59. The van der Waals surface area contributed by atoms with Crippen LogP contribution in [0.3, 0.4) is 0 Å². The Bertz CT molecular complexity index is 928. The van der Waals surface area contributed by atoms with Crippen molar-refractivity contribution in [3.05, 3.63) is 26.7 Å². The fourth-order valence-electron chi connectivity index (χ4n) is 2.58. The van der Waals surface area contributed by atoms with Gasteiger partial charge >= 0.3 is 11.9 Å². The highest BCUT2D eigenvalue weighted by atomic mass is 32.2. The quantitative estimate of drug-likeness (QED) is 0.670. The molecule has 2 heterocycles. The Morgan fingerprint density at radius 1 is 1.17 bits per heavy atom. The van der Waals surface area contributed by atoms with E-state index in [1.807, 2.05) is 0 Å². The Morgan fingerprint density at radius 2 is 1.88 bits per heavy atom. The smallest absolute Gasteiger partial charge is 0.274 e. The molecule has 6 nitrogen and oxygen atoms in total. The second-order valence-electron chi connectivity index (χ2n) is 6.12. The summed E-state index contributed by atoms with van der Waals surface area (Å²) < 4.78 is 39.2. The van der Waals surface area contributed by atoms with E-state index in [2.05, 4.69) is 15.0 Å². The number of H-pyrrole nitrogens is 1. The summed E-state index contributed by atoms with van der Waals surface area (Å²) in [5.74, 6) is -0.626. The summed E-state index contributed by atoms with van der Waals surface area (Å²) in [5.41, 5.74) is -1.14. The van der Waals surface area contributed by atoms with Crippen LogP contribution in [-0.2, 0) is 0 Å². The standard InChI is InChI=1S/C14H13F3N4O2S/c15-14(16,17)5-24-12-8-10(18-9(19-12)6-1-2-6)21(7-3-4-7)13(23)20-11(8)22/h6-7H,1-5H2,(H,20,22,23). The molecule has 0 radical (unpaired) electrons. The molecule has 128 valence electrons. The minimum absolute atomic E-state index is 0.00475. The van der Waals surface area contributed by atoms with E-state index in [1.165, 1.54) is 4.57 Å². The van der Waals surface area contributed by atoms with Crippen LogP contribution in [0.5, 0.6) is 0 Å². The number of halogens is 3. The molecule has 0 saturated heterocycles. The molecule has 0 unspecified atom stereocenters. The number of hydrogen-bond donors (Lipinski definition) is 1. The van der Waals surface area contributed by atoms with Crippen molar-refractivity contribution in [2.45, 2.75) is 48.8 Å². The summed E-state index contributed by atoms with van der Waals surface area (Å²) in [7, 11) is 0.